The van der Waals surface area contributed by atoms with Crippen LogP contribution in [-0.2, 0) is 9.59 Å². The van der Waals surface area contributed by atoms with Gasteiger partial charge in [-0.25, -0.2) is 0 Å². The molecule has 110 valence electrons. The number of hydrogen-bond donors (Lipinski definition) is 3. The van der Waals surface area contributed by atoms with Crippen LogP contribution in [0.3, 0.4) is 0 Å². The molecule has 0 bridgehead atoms. The van der Waals surface area contributed by atoms with Gasteiger partial charge in [-0.3, -0.25) is 9.59 Å². The molecule has 6 heteroatoms. The fourth-order valence-electron chi connectivity index (χ4n) is 2.05. The minimum atomic E-state index is -0.795. The van der Waals surface area contributed by atoms with Gasteiger partial charge < -0.3 is 20.4 Å². The third-order valence-corrected chi connectivity index (χ3v) is 3.74. The van der Waals surface area contributed by atoms with Gasteiger partial charge in [0.2, 0.25) is 5.91 Å². The number of carboxylic acids is 1. The van der Waals surface area contributed by atoms with E-state index in [2.05, 4.69) is 5.32 Å². The number of carbonyl (C=O) groups is 2. The topological polar surface area (TPSA) is 89.9 Å². The zero-order chi connectivity index (χ0) is 14.5. The lowest BCUT2D eigenvalue weighted by molar-refractivity contribution is -0.145. The summed E-state index contributed by atoms with van der Waals surface area (Å²) in [6, 6.07) is 0. The van der Waals surface area contributed by atoms with Crippen LogP contribution in [0.4, 0.5) is 0 Å². The minimum Gasteiger partial charge on any atom is -0.481 e. The van der Waals surface area contributed by atoms with Crippen LogP contribution in [0, 0.1) is 5.92 Å². The average molecular weight is 272 g/mol. The van der Waals surface area contributed by atoms with Gasteiger partial charge in [0.25, 0.3) is 0 Å². The van der Waals surface area contributed by atoms with Crippen LogP contribution in [-0.4, -0.2) is 58.8 Å². The molecule has 0 radical (unpaired) electrons. The van der Waals surface area contributed by atoms with Crippen LogP contribution < -0.4 is 5.32 Å². The number of piperidine rings is 1. The molecule has 0 saturated carbocycles. The van der Waals surface area contributed by atoms with Crippen LogP contribution in [0.2, 0.25) is 0 Å². The number of amides is 1. The summed E-state index contributed by atoms with van der Waals surface area (Å²) in [5.74, 6) is -1.13. The Labute approximate surface area is 113 Å². The predicted molar refractivity (Wildman–Crippen MR) is 70.7 cm³/mol. The summed E-state index contributed by atoms with van der Waals surface area (Å²) in [5.41, 5.74) is -0.795. The summed E-state index contributed by atoms with van der Waals surface area (Å²) >= 11 is 0. The van der Waals surface area contributed by atoms with Crippen molar-refractivity contribution in [3.63, 3.8) is 0 Å². The molecule has 1 fully saturated rings. The highest BCUT2D eigenvalue weighted by atomic mass is 16.4. The SMILES string of the molecule is CCC(C)(O)CNCC(=O)N1CCC(C(=O)O)CC1. The maximum atomic E-state index is 11.9. The van der Waals surface area contributed by atoms with Crippen molar-refractivity contribution in [3.05, 3.63) is 0 Å². The molecule has 19 heavy (non-hydrogen) atoms. The third-order valence-electron chi connectivity index (χ3n) is 3.74. The largest absolute Gasteiger partial charge is 0.481 e. The lowest BCUT2D eigenvalue weighted by Crippen LogP contribution is -2.46. The molecule has 1 rings (SSSR count). The highest BCUT2D eigenvalue weighted by molar-refractivity contribution is 5.78. The molecule has 6 nitrogen and oxygen atoms in total. The van der Waals surface area contributed by atoms with Gasteiger partial charge in [-0.15, -0.1) is 0 Å². The maximum Gasteiger partial charge on any atom is 0.306 e. The van der Waals surface area contributed by atoms with E-state index >= 15 is 0 Å². The molecule has 1 amide bonds. The first-order chi connectivity index (χ1) is 8.85. The van der Waals surface area contributed by atoms with Crippen molar-refractivity contribution in [2.45, 2.75) is 38.7 Å². The Balaban J connectivity index is 2.26. The number of nitrogens with zero attached hydrogens (tertiary/aromatic N) is 1. The minimum absolute atomic E-state index is 0.0317. The molecular formula is C13H24N2O4. The van der Waals surface area contributed by atoms with Gasteiger partial charge >= 0.3 is 5.97 Å². The van der Waals surface area contributed by atoms with E-state index in [4.69, 9.17) is 5.11 Å². The van der Waals surface area contributed by atoms with Gasteiger partial charge in [-0.05, 0) is 26.2 Å². The van der Waals surface area contributed by atoms with Crippen LogP contribution in [0.5, 0.6) is 0 Å². The van der Waals surface area contributed by atoms with Crippen molar-refractivity contribution in [3.8, 4) is 0 Å². The summed E-state index contributed by atoms with van der Waals surface area (Å²) in [6.45, 7) is 5.18. The Morgan fingerprint density at radius 1 is 1.37 bits per heavy atom. The number of carboxylic acid groups (broad SMARTS) is 1. The van der Waals surface area contributed by atoms with E-state index in [9.17, 15) is 14.7 Å². The quantitative estimate of drug-likeness (QED) is 0.636. The second kappa shape index (κ2) is 6.86. The number of carbonyl (C=O) groups excluding carboxylic acids is 1. The summed E-state index contributed by atoms with van der Waals surface area (Å²) < 4.78 is 0. The Morgan fingerprint density at radius 3 is 2.42 bits per heavy atom. The number of aliphatic carboxylic acids is 1. The van der Waals surface area contributed by atoms with Crippen molar-refractivity contribution in [1.29, 1.82) is 0 Å². The van der Waals surface area contributed by atoms with E-state index in [1.807, 2.05) is 6.92 Å². The number of nitrogens with one attached hydrogen (secondary N) is 1. The lowest BCUT2D eigenvalue weighted by atomic mass is 9.97. The van der Waals surface area contributed by atoms with Gasteiger partial charge in [-0.1, -0.05) is 6.92 Å². The van der Waals surface area contributed by atoms with Gasteiger partial charge in [0.1, 0.15) is 0 Å². The second-order valence-electron chi connectivity index (χ2n) is 5.45. The molecule has 3 N–H and O–H groups in total. The normalized spacial score (nSPS) is 20.1. The summed E-state index contributed by atoms with van der Waals surface area (Å²) in [7, 11) is 0. The average Bonchev–Trinajstić information content (AvgIpc) is 2.38. The molecule has 1 aliphatic rings. The second-order valence-corrected chi connectivity index (χ2v) is 5.45. The maximum absolute atomic E-state index is 11.9. The van der Waals surface area contributed by atoms with Crippen molar-refractivity contribution < 1.29 is 19.8 Å². The standard InChI is InChI=1S/C13H24N2O4/c1-3-13(2,19)9-14-8-11(16)15-6-4-10(5-7-15)12(17)18/h10,14,19H,3-9H2,1-2H3,(H,17,18). The van der Waals surface area contributed by atoms with E-state index in [0.717, 1.165) is 0 Å². The number of aliphatic hydroxyl groups is 1. The molecule has 0 aliphatic carbocycles. The number of rotatable bonds is 6. The Morgan fingerprint density at radius 2 is 1.95 bits per heavy atom. The van der Waals surface area contributed by atoms with Gasteiger partial charge in [0.05, 0.1) is 18.1 Å². The molecule has 0 aromatic carbocycles. The van der Waals surface area contributed by atoms with Crippen LogP contribution >= 0.6 is 0 Å². The summed E-state index contributed by atoms with van der Waals surface area (Å²) in [5, 5.41) is 21.6. The summed E-state index contributed by atoms with van der Waals surface area (Å²) in [4.78, 5) is 24.4. The van der Waals surface area contributed by atoms with E-state index in [1.165, 1.54) is 0 Å². The monoisotopic (exact) mass is 272 g/mol. The Kier molecular flexibility index (Phi) is 5.75. The number of hydrogen-bond acceptors (Lipinski definition) is 4. The molecule has 1 aliphatic heterocycles. The molecule has 0 spiro atoms. The summed E-state index contributed by atoms with van der Waals surface area (Å²) in [6.07, 6.45) is 1.67. The van der Waals surface area contributed by atoms with Crippen molar-refractivity contribution in [1.82, 2.24) is 10.2 Å². The number of likely N-dealkylation sites (tertiary alicyclic amines) is 1. The first-order valence-corrected chi connectivity index (χ1v) is 6.79. The smallest absolute Gasteiger partial charge is 0.306 e. The van der Waals surface area contributed by atoms with E-state index in [0.29, 0.717) is 38.9 Å². The van der Waals surface area contributed by atoms with Gasteiger partial charge in [0.15, 0.2) is 0 Å². The van der Waals surface area contributed by atoms with E-state index in [1.54, 1.807) is 11.8 Å². The molecule has 1 saturated heterocycles. The molecule has 1 heterocycles. The molecule has 0 aromatic heterocycles. The Bertz CT molecular complexity index is 323. The lowest BCUT2D eigenvalue weighted by Gasteiger charge is -2.30. The van der Waals surface area contributed by atoms with Crippen LogP contribution in [0.25, 0.3) is 0 Å². The fourth-order valence-corrected chi connectivity index (χ4v) is 2.05. The first-order valence-electron chi connectivity index (χ1n) is 6.79. The van der Waals surface area contributed by atoms with Gasteiger partial charge in [-0.2, -0.15) is 0 Å². The Hall–Kier alpha value is -1.14. The highest BCUT2D eigenvalue weighted by Gasteiger charge is 2.27. The zero-order valence-corrected chi connectivity index (χ0v) is 11.7. The predicted octanol–water partition coefficient (Wildman–Crippen LogP) is 0.0602. The first kappa shape index (κ1) is 15.9. The molecule has 0 aromatic rings. The van der Waals surface area contributed by atoms with E-state index < -0.39 is 11.6 Å². The molecule has 1 atom stereocenters. The fraction of sp³-hybridized carbons (Fsp3) is 0.846. The molecular weight excluding hydrogens is 248 g/mol. The third kappa shape index (κ3) is 5.16. The van der Waals surface area contributed by atoms with E-state index in [-0.39, 0.29) is 18.4 Å². The zero-order valence-electron chi connectivity index (χ0n) is 11.7. The van der Waals surface area contributed by atoms with Crippen LogP contribution in [0.1, 0.15) is 33.1 Å². The molecule has 1 unspecified atom stereocenters. The highest BCUT2D eigenvalue weighted by Crippen LogP contribution is 2.17. The van der Waals surface area contributed by atoms with Crippen molar-refractivity contribution in [2.24, 2.45) is 5.92 Å². The van der Waals surface area contributed by atoms with Gasteiger partial charge in [0, 0.05) is 19.6 Å². The van der Waals surface area contributed by atoms with Crippen LogP contribution in [0.15, 0.2) is 0 Å². The van der Waals surface area contributed by atoms with Crippen molar-refractivity contribution >= 4 is 11.9 Å². The van der Waals surface area contributed by atoms with Crippen molar-refractivity contribution in [2.75, 3.05) is 26.2 Å².